The van der Waals surface area contributed by atoms with E-state index < -0.39 is 11.7 Å². The van der Waals surface area contributed by atoms with Crippen LogP contribution in [0.4, 0.5) is 4.79 Å². The molecule has 7 nitrogen and oxygen atoms in total. The first kappa shape index (κ1) is 21.5. The van der Waals surface area contributed by atoms with Crippen LogP contribution in [-0.2, 0) is 16.1 Å². The number of para-hydroxylation sites is 1. The monoisotopic (exact) mass is 419 g/mol. The Hall–Kier alpha value is -2.19. The van der Waals surface area contributed by atoms with Crippen LogP contribution >= 0.6 is 11.3 Å². The highest BCUT2D eigenvalue weighted by atomic mass is 32.1. The van der Waals surface area contributed by atoms with E-state index in [0.29, 0.717) is 19.4 Å². The number of quaternary nitrogens is 1. The molecule has 0 radical (unpaired) electrons. The van der Waals surface area contributed by atoms with Gasteiger partial charge in [0.2, 0.25) is 5.91 Å². The Morgan fingerprint density at radius 2 is 1.97 bits per heavy atom. The molecular formula is C21H31N4O3S+. The summed E-state index contributed by atoms with van der Waals surface area (Å²) in [5, 5.41) is 3.86. The summed E-state index contributed by atoms with van der Waals surface area (Å²) in [6, 6.07) is 8.23. The number of nitrogens with one attached hydrogen (secondary N) is 2. The van der Waals surface area contributed by atoms with E-state index in [9.17, 15) is 9.59 Å². The maximum absolute atomic E-state index is 12.4. The molecule has 0 saturated carbocycles. The number of nitrogens with zero attached hydrogens (tertiary/aromatic N) is 2. The summed E-state index contributed by atoms with van der Waals surface area (Å²) < 4.78 is 6.42. The number of piperazine rings is 1. The minimum Gasteiger partial charge on any atom is -0.444 e. The lowest BCUT2D eigenvalue weighted by Gasteiger charge is -2.32. The number of aromatic nitrogens is 1. The Kier molecular flexibility index (Phi) is 7.08. The van der Waals surface area contributed by atoms with E-state index in [1.807, 2.05) is 37.8 Å². The van der Waals surface area contributed by atoms with E-state index in [0.717, 1.165) is 43.2 Å². The summed E-state index contributed by atoms with van der Waals surface area (Å²) in [6.45, 7) is 10.3. The molecule has 2 aromatic rings. The first-order chi connectivity index (χ1) is 13.8. The van der Waals surface area contributed by atoms with E-state index in [1.54, 1.807) is 11.3 Å². The van der Waals surface area contributed by atoms with Crippen molar-refractivity contribution in [1.82, 2.24) is 15.2 Å². The second kappa shape index (κ2) is 9.54. The van der Waals surface area contributed by atoms with Crippen LogP contribution in [-0.4, -0.2) is 60.2 Å². The number of benzene rings is 1. The molecule has 0 spiro atoms. The molecule has 3 rings (SSSR count). The van der Waals surface area contributed by atoms with Crippen molar-refractivity contribution in [2.24, 2.45) is 0 Å². The number of rotatable bonds is 6. The van der Waals surface area contributed by atoms with Crippen molar-refractivity contribution in [2.75, 3.05) is 32.7 Å². The molecule has 1 fully saturated rings. The first-order valence-electron chi connectivity index (χ1n) is 10.2. The van der Waals surface area contributed by atoms with Gasteiger partial charge in [-0.3, -0.25) is 4.79 Å². The number of amides is 2. The molecule has 1 aromatic carbocycles. The second-order valence-corrected chi connectivity index (χ2v) is 9.53. The third-order valence-corrected chi connectivity index (χ3v) is 5.83. The molecule has 0 aliphatic carbocycles. The summed E-state index contributed by atoms with van der Waals surface area (Å²) >= 11 is 1.76. The minimum absolute atomic E-state index is 0.162. The Morgan fingerprint density at radius 1 is 1.24 bits per heavy atom. The van der Waals surface area contributed by atoms with Gasteiger partial charge >= 0.3 is 6.09 Å². The van der Waals surface area contributed by atoms with Crippen LogP contribution in [0.15, 0.2) is 24.3 Å². The number of fused-ring (bicyclic) bond motifs is 1. The van der Waals surface area contributed by atoms with Gasteiger partial charge in [0.05, 0.1) is 36.4 Å². The number of carbonyl (C=O) groups excluding carboxylic acids is 2. The Morgan fingerprint density at radius 3 is 2.66 bits per heavy atom. The Balaban J connectivity index is 1.34. The SMILES string of the molecule is CC(C)(C)OC(=O)NCCCC(=O)N1CC[NH+](Cc2nc3ccccc3s2)CC1. The van der Waals surface area contributed by atoms with Crippen LogP contribution in [0, 0.1) is 0 Å². The van der Waals surface area contributed by atoms with Crippen LogP contribution in [0.2, 0.25) is 0 Å². The standard InChI is InChI=1S/C21H30N4O3S/c1-21(2,3)28-20(27)22-10-6-9-19(26)25-13-11-24(12-14-25)15-18-23-16-7-4-5-8-17(16)29-18/h4-5,7-8H,6,9-15H2,1-3H3,(H,22,27)/p+1. The van der Waals surface area contributed by atoms with E-state index >= 15 is 0 Å². The fraction of sp³-hybridized carbons (Fsp3) is 0.571. The third kappa shape index (κ3) is 6.68. The van der Waals surface area contributed by atoms with Gasteiger partial charge in [-0.25, -0.2) is 9.78 Å². The van der Waals surface area contributed by atoms with Gasteiger partial charge in [0.25, 0.3) is 0 Å². The zero-order valence-electron chi connectivity index (χ0n) is 17.5. The molecular weight excluding hydrogens is 388 g/mol. The lowest BCUT2D eigenvalue weighted by molar-refractivity contribution is -0.917. The summed E-state index contributed by atoms with van der Waals surface area (Å²) in [7, 11) is 0. The highest BCUT2D eigenvalue weighted by molar-refractivity contribution is 7.18. The maximum atomic E-state index is 12.4. The van der Waals surface area contributed by atoms with Crippen LogP contribution in [0.3, 0.4) is 0 Å². The number of hydrogen-bond acceptors (Lipinski definition) is 5. The lowest BCUT2D eigenvalue weighted by Crippen LogP contribution is -3.13. The fourth-order valence-electron chi connectivity index (χ4n) is 3.36. The molecule has 1 saturated heterocycles. The average Bonchev–Trinajstić information content (AvgIpc) is 3.06. The van der Waals surface area contributed by atoms with Crippen LogP contribution in [0.1, 0.15) is 38.6 Å². The predicted octanol–water partition coefficient (Wildman–Crippen LogP) is 1.83. The molecule has 158 valence electrons. The highest BCUT2D eigenvalue weighted by Crippen LogP contribution is 2.20. The second-order valence-electron chi connectivity index (χ2n) is 8.42. The average molecular weight is 420 g/mol. The van der Waals surface area contributed by atoms with E-state index in [1.165, 1.54) is 9.60 Å². The molecule has 29 heavy (non-hydrogen) atoms. The normalized spacial score (nSPS) is 15.5. The number of carbonyl (C=O) groups is 2. The molecule has 2 N–H and O–H groups in total. The zero-order chi connectivity index (χ0) is 20.9. The number of thiazole rings is 1. The molecule has 1 aromatic heterocycles. The van der Waals surface area contributed by atoms with Gasteiger partial charge < -0.3 is 19.9 Å². The van der Waals surface area contributed by atoms with E-state index in [4.69, 9.17) is 9.72 Å². The van der Waals surface area contributed by atoms with Crippen molar-refractivity contribution in [3.05, 3.63) is 29.3 Å². The number of ether oxygens (including phenoxy) is 1. The quantitative estimate of drug-likeness (QED) is 0.701. The molecule has 8 heteroatoms. The predicted molar refractivity (Wildman–Crippen MR) is 114 cm³/mol. The van der Waals surface area contributed by atoms with Crippen molar-refractivity contribution < 1.29 is 19.2 Å². The third-order valence-electron chi connectivity index (χ3n) is 4.80. The fourth-order valence-corrected chi connectivity index (χ4v) is 4.40. The highest BCUT2D eigenvalue weighted by Gasteiger charge is 2.24. The molecule has 2 amide bonds. The van der Waals surface area contributed by atoms with Crippen LogP contribution < -0.4 is 10.2 Å². The zero-order valence-corrected chi connectivity index (χ0v) is 18.3. The van der Waals surface area contributed by atoms with Crippen LogP contribution in [0.25, 0.3) is 10.2 Å². The van der Waals surface area contributed by atoms with Crippen molar-refractivity contribution in [1.29, 1.82) is 0 Å². The molecule has 0 atom stereocenters. The van der Waals surface area contributed by atoms with Gasteiger partial charge in [-0.2, -0.15) is 0 Å². The van der Waals surface area contributed by atoms with Crippen molar-refractivity contribution in [3.8, 4) is 0 Å². The molecule has 1 aliphatic heterocycles. The summed E-state index contributed by atoms with van der Waals surface area (Å²) in [5.41, 5.74) is 0.563. The topological polar surface area (TPSA) is 76.0 Å². The number of alkyl carbamates (subject to hydrolysis) is 1. The lowest BCUT2D eigenvalue weighted by atomic mass is 10.2. The Bertz CT molecular complexity index is 805. The molecule has 2 heterocycles. The maximum Gasteiger partial charge on any atom is 0.407 e. The van der Waals surface area contributed by atoms with Gasteiger partial charge in [-0.05, 0) is 39.3 Å². The van der Waals surface area contributed by atoms with Crippen molar-refractivity contribution in [2.45, 2.75) is 45.8 Å². The van der Waals surface area contributed by atoms with Crippen molar-refractivity contribution in [3.63, 3.8) is 0 Å². The van der Waals surface area contributed by atoms with E-state index in [-0.39, 0.29) is 5.91 Å². The van der Waals surface area contributed by atoms with E-state index in [2.05, 4.69) is 17.4 Å². The van der Waals surface area contributed by atoms with Gasteiger partial charge in [0.1, 0.15) is 17.2 Å². The smallest absolute Gasteiger partial charge is 0.407 e. The van der Waals surface area contributed by atoms with Crippen LogP contribution in [0.5, 0.6) is 0 Å². The first-order valence-corrected chi connectivity index (χ1v) is 11.0. The van der Waals surface area contributed by atoms with Gasteiger partial charge in [-0.1, -0.05) is 12.1 Å². The molecule has 0 bridgehead atoms. The summed E-state index contributed by atoms with van der Waals surface area (Å²) in [4.78, 5) is 32.2. The van der Waals surface area contributed by atoms with Crippen molar-refractivity contribution >= 4 is 33.6 Å². The summed E-state index contributed by atoms with van der Waals surface area (Å²) in [5.74, 6) is 0.162. The number of hydrogen-bond donors (Lipinski definition) is 2. The van der Waals surface area contributed by atoms with Gasteiger partial charge in [0.15, 0.2) is 0 Å². The minimum atomic E-state index is -0.507. The summed E-state index contributed by atoms with van der Waals surface area (Å²) in [6.07, 6.45) is 0.636. The molecule has 1 aliphatic rings. The van der Waals surface area contributed by atoms with Gasteiger partial charge in [-0.15, -0.1) is 11.3 Å². The Labute approximate surface area is 176 Å². The van der Waals surface area contributed by atoms with Gasteiger partial charge in [0, 0.05) is 13.0 Å². The molecule has 0 unspecified atom stereocenters. The largest absolute Gasteiger partial charge is 0.444 e.